The van der Waals surface area contributed by atoms with Gasteiger partial charge in [0.2, 0.25) is 0 Å². The number of phenolic OH excluding ortho intramolecular Hbond substituents is 2. The van der Waals surface area contributed by atoms with Crippen LogP contribution in [0.15, 0.2) is 115 Å². The van der Waals surface area contributed by atoms with Crippen LogP contribution in [0, 0.1) is 0 Å². The number of benzene rings is 5. The molecule has 55 heavy (non-hydrogen) atoms. The second kappa shape index (κ2) is 16.2. The lowest BCUT2D eigenvalue weighted by Crippen LogP contribution is -2.13. The summed E-state index contributed by atoms with van der Waals surface area (Å²) in [5, 5.41) is 43.9. The van der Waals surface area contributed by atoms with Gasteiger partial charge in [-0.05, 0) is 72.8 Å². The van der Waals surface area contributed by atoms with Crippen molar-refractivity contribution in [2.75, 3.05) is 35.1 Å². The number of azo groups is 2. The molecule has 5 aromatic rings. The molecule has 5 rings (SSSR count). The monoisotopic (exact) mass is 810 g/mol. The number of fused-ring (bicyclic) bond motifs is 1. The van der Waals surface area contributed by atoms with Gasteiger partial charge in [-0.2, -0.15) is 13.5 Å². The van der Waals surface area contributed by atoms with Crippen LogP contribution in [0.5, 0.6) is 17.2 Å². The normalized spacial score (nSPS) is 12.4. The highest BCUT2D eigenvalue weighted by molar-refractivity contribution is 7.91. The van der Waals surface area contributed by atoms with Crippen LogP contribution in [0.3, 0.4) is 0 Å². The molecule has 0 heterocycles. The number of amides is 1. The van der Waals surface area contributed by atoms with Gasteiger partial charge in [-0.25, -0.2) is 16.8 Å². The van der Waals surface area contributed by atoms with Crippen LogP contribution in [0.4, 0.5) is 34.1 Å². The van der Waals surface area contributed by atoms with E-state index >= 15 is 0 Å². The summed E-state index contributed by atoms with van der Waals surface area (Å²) in [5.41, 5.74) is 0.896. The molecule has 20 heteroatoms. The predicted octanol–water partition coefficient (Wildman–Crippen LogP) is 7.19. The second-order valence-electron chi connectivity index (χ2n) is 11.6. The molecule has 0 atom stereocenters. The van der Waals surface area contributed by atoms with Gasteiger partial charge in [0.1, 0.15) is 39.3 Å². The molecule has 0 fully saturated rings. The molecule has 0 aliphatic rings. The van der Waals surface area contributed by atoms with Crippen molar-refractivity contribution in [3.05, 3.63) is 90.5 Å². The molecule has 0 saturated heterocycles. The number of nitrogens with zero attached hydrogens (tertiary/aromatic N) is 4. The first-order valence-electron chi connectivity index (χ1n) is 16.2. The fraction of sp³-hybridized carbons (Fsp3) is 0.171. The standard InChI is InChI=1S/C35H34N6O11S3/c1-4-53(45,46)24-12-10-22(11-13-24)37-35(44)21-6-8-23(9-7-21)38-41-33-25-14-17-28(34(43)26(25)15-16-27(33)36-20-55(49,50)51)39-40-29-18-31(52-3)32(19-30(29)42)54(47,48)5-2/h6-19,36,42-43H,4-5,20H2,1-3H3,(H,37,44)(H,49,50,51). The molecule has 1 amide bonds. The van der Waals surface area contributed by atoms with Gasteiger partial charge in [0.15, 0.2) is 25.4 Å². The Morgan fingerprint density at radius 3 is 1.98 bits per heavy atom. The van der Waals surface area contributed by atoms with Gasteiger partial charge in [0, 0.05) is 34.2 Å². The largest absolute Gasteiger partial charge is 0.506 e. The molecule has 0 unspecified atom stereocenters. The lowest BCUT2D eigenvalue weighted by atomic mass is 10.1. The summed E-state index contributed by atoms with van der Waals surface area (Å²) >= 11 is 0. The van der Waals surface area contributed by atoms with Gasteiger partial charge in [-0.15, -0.1) is 15.3 Å². The van der Waals surface area contributed by atoms with Gasteiger partial charge in [-0.1, -0.05) is 13.8 Å². The van der Waals surface area contributed by atoms with E-state index < -0.39 is 47.3 Å². The molecular weight excluding hydrogens is 777 g/mol. The smallest absolute Gasteiger partial charge is 0.283 e. The van der Waals surface area contributed by atoms with Crippen LogP contribution in [0.2, 0.25) is 0 Å². The van der Waals surface area contributed by atoms with Crippen LogP contribution in [-0.2, 0) is 29.8 Å². The Morgan fingerprint density at radius 2 is 1.36 bits per heavy atom. The molecular formula is C35H34N6O11S3. The number of aromatic hydroxyl groups is 2. The van der Waals surface area contributed by atoms with Gasteiger partial charge >= 0.3 is 0 Å². The molecule has 0 aliphatic carbocycles. The third kappa shape index (κ3) is 9.41. The van der Waals surface area contributed by atoms with Crippen molar-refractivity contribution >= 4 is 80.6 Å². The van der Waals surface area contributed by atoms with Crippen molar-refractivity contribution in [3.8, 4) is 17.2 Å². The Bertz CT molecular complexity index is 2670. The first-order chi connectivity index (χ1) is 26.0. The summed E-state index contributed by atoms with van der Waals surface area (Å²) in [4.78, 5) is 12.8. The quantitative estimate of drug-likeness (QED) is 0.0551. The van der Waals surface area contributed by atoms with E-state index in [0.717, 1.165) is 6.07 Å². The third-order valence-electron chi connectivity index (χ3n) is 8.06. The van der Waals surface area contributed by atoms with E-state index in [4.69, 9.17) is 4.74 Å². The minimum absolute atomic E-state index is 0.0560. The number of hydrogen-bond acceptors (Lipinski definition) is 15. The number of phenols is 2. The Hall–Kier alpha value is -5.96. The van der Waals surface area contributed by atoms with Gasteiger partial charge in [0.25, 0.3) is 16.0 Å². The summed E-state index contributed by atoms with van der Waals surface area (Å²) in [7, 11) is -10.3. The van der Waals surface area contributed by atoms with Crippen LogP contribution in [0.25, 0.3) is 10.8 Å². The lowest BCUT2D eigenvalue weighted by molar-refractivity contribution is 0.102. The van der Waals surface area contributed by atoms with E-state index in [1.54, 1.807) is 0 Å². The van der Waals surface area contributed by atoms with Crippen molar-refractivity contribution in [1.29, 1.82) is 0 Å². The zero-order chi connectivity index (χ0) is 40.1. The van der Waals surface area contributed by atoms with Crippen LogP contribution < -0.4 is 15.4 Å². The highest BCUT2D eigenvalue weighted by Gasteiger charge is 2.21. The molecule has 0 bridgehead atoms. The average molecular weight is 811 g/mol. The van der Waals surface area contributed by atoms with Crippen molar-refractivity contribution < 1.29 is 49.6 Å². The Balaban J connectivity index is 1.43. The number of ether oxygens (including phenoxy) is 1. The number of methoxy groups -OCH3 is 1. The first-order valence-corrected chi connectivity index (χ1v) is 21.1. The topological polar surface area (TPSA) is 263 Å². The van der Waals surface area contributed by atoms with Crippen molar-refractivity contribution in [1.82, 2.24) is 0 Å². The summed E-state index contributed by atoms with van der Waals surface area (Å²) in [6.45, 7) is 2.98. The fourth-order valence-corrected chi connectivity index (χ4v) is 7.32. The van der Waals surface area contributed by atoms with E-state index in [2.05, 4.69) is 31.1 Å². The Labute approximate surface area is 316 Å². The van der Waals surface area contributed by atoms with E-state index in [9.17, 15) is 44.8 Å². The van der Waals surface area contributed by atoms with E-state index in [1.165, 1.54) is 99.8 Å². The molecule has 5 aromatic carbocycles. The molecule has 0 spiro atoms. The maximum atomic E-state index is 12.8. The number of carbonyl (C=O) groups excluding carboxylic acids is 1. The number of anilines is 2. The van der Waals surface area contributed by atoms with Crippen LogP contribution in [-0.4, -0.2) is 70.4 Å². The molecule has 288 valence electrons. The van der Waals surface area contributed by atoms with E-state index in [1.807, 2.05) is 0 Å². The molecule has 0 aromatic heterocycles. The molecule has 0 radical (unpaired) electrons. The number of sulfone groups is 2. The number of rotatable bonds is 14. The Morgan fingerprint density at radius 1 is 0.727 bits per heavy atom. The zero-order valence-corrected chi connectivity index (χ0v) is 31.8. The van der Waals surface area contributed by atoms with Gasteiger partial charge < -0.3 is 25.6 Å². The average Bonchev–Trinajstić information content (AvgIpc) is 3.16. The van der Waals surface area contributed by atoms with Crippen molar-refractivity contribution in [3.63, 3.8) is 0 Å². The minimum Gasteiger partial charge on any atom is -0.506 e. The van der Waals surface area contributed by atoms with Gasteiger partial charge in [-0.3, -0.25) is 9.35 Å². The summed E-state index contributed by atoms with van der Waals surface area (Å²) in [5.74, 6) is -2.58. The number of hydrogen-bond donors (Lipinski definition) is 5. The third-order valence-corrected chi connectivity index (χ3v) is 12.1. The second-order valence-corrected chi connectivity index (χ2v) is 17.6. The maximum absolute atomic E-state index is 12.8. The summed E-state index contributed by atoms with van der Waals surface area (Å²) in [6.07, 6.45) is 0. The fourth-order valence-electron chi connectivity index (χ4n) is 5.05. The summed E-state index contributed by atoms with van der Waals surface area (Å²) in [6, 6.07) is 19.6. The van der Waals surface area contributed by atoms with Crippen LogP contribution in [0.1, 0.15) is 24.2 Å². The number of carbonyl (C=O) groups is 1. The molecule has 0 aliphatic heterocycles. The van der Waals surface area contributed by atoms with Crippen molar-refractivity contribution in [2.45, 2.75) is 23.6 Å². The SMILES string of the molecule is CCS(=O)(=O)c1ccc(NC(=O)c2ccc(N=Nc3c(NCS(=O)(=O)O)ccc4c(O)c(N=Nc5cc(OC)c(S(=O)(=O)CC)cc5O)ccc34)cc2)cc1. The van der Waals surface area contributed by atoms with Gasteiger partial charge in [0.05, 0.1) is 34.9 Å². The maximum Gasteiger partial charge on any atom is 0.283 e. The van der Waals surface area contributed by atoms with E-state index in [0.29, 0.717) is 5.69 Å². The summed E-state index contributed by atoms with van der Waals surface area (Å²) < 4.78 is 86.6. The minimum atomic E-state index is -4.46. The van der Waals surface area contributed by atoms with E-state index in [-0.39, 0.29) is 77.6 Å². The first kappa shape index (κ1) is 40.2. The van der Waals surface area contributed by atoms with Crippen LogP contribution >= 0.6 is 0 Å². The van der Waals surface area contributed by atoms with Crippen molar-refractivity contribution in [2.24, 2.45) is 20.5 Å². The highest BCUT2D eigenvalue weighted by Crippen LogP contribution is 2.44. The predicted molar refractivity (Wildman–Crippen MR) is 205 cm³/mol. The number of nitrogens with one attached hydrogen (secondary N) is 2. The lowest BCUT2D eigenvalue weighted by Gasteiger charge is -2.12. The Kier molecular flexibility index (Phi) is 11.8. The molecule has 0 saturated carbocycles. The molecule has 5 N–H and O–H groups in total. The zero-order valence-electron chi connectivity index (χ0n) is 29.3. The molecule has 17 nitrogen and oxygen atoms in total. The highest BCUT2D eigenvalue weighted by atomic mass is 32.2.